The number of anilines is 1. The molecule has 0 spiro atoms. The monoisotopic (exact) mass is 277 g/mol. The Labute approximate surface area is 117 Å². The lowest BCUT2D eigenvalue weighted by Gasteiger charge is -2.14. The van der Waals surface area contributed by atoms with Crippen LogP contribution < -0.4 is 10.5 Å². The largest absolute Gasteiger partial charge is 0.490 e. The molecule has 0 aliphatic carbocycles. The van der Waals surface area contributed by atoms with E-state index < -0.39 is 6.10 Å². The number of nitrogen functional groups attached to an aromatic ring is 1. The molecule has 2 aromatic rings. The van der Waals surface area contributed by atoms with Crippen LogP contribution in [0.2, 0.25) is 5.02 Å². The molecule has 4 heteroatoms. The van der Waals surface area contributed by atoms with E-state index in [4.69, 9.17) is 22.1 Å². The molecule has 3 nitrogen and oxygen atoms in total. The van der Waals surface area contributed by atoms with E-state index in [1.165, 1.54) is 0 Å². The second kappa shape index (κ2) is 5.95. The van der Waals surface area contributed by atoms with Gasteiger partial charge < -0.3 is 15.6 Å². The number of halogens is 1. The first-order valence-electron chi connectivity index (χ1n) is 5.98. The van der Waals surface area contributed by atoms with Gasteiger partial charge in [0.25, 0.3) is 0 Å². The summed E-state index contributed by atoms with van der Waals surface area (Å²) in [5.41, 5.74) is 8.01. The van der Waals surface area contributed by atoms with Crippen molar-refractivity contribution >= 4 is 17.3 Å². The minimum Gasteiger partial charge on any atom is -0.490 e. The van der Waals surface area contributed by atoms with Crippen LogP contribution in [0, 0.1) is 6.92 Å². The molecule has 0 bridgehead atoms. The van der Waals surface area contributed by atoms with E-state index in [0.717, 1.165) is 11.1 Å². The number of benzene rings is 2. The van der Waals surface area contributed by atoms with Gasteiger partial charge in [-0.05, 0) is 42.3 Å². The van der Waals surface area contributed by atoms with E-state index in [1.807, 2.05) is 19.1 Å². The van der Waals surface area contributed by atoms with Crippen LogP contribution >= 0.6 is 11.6 Å². The van der Waals surface area contributed by atoms with Crippen LogP contribution in [0.25, 0.3) is 0 Å². The van der Waals surface area contributed by atoms with Crippen LogP contribution in [-0.2, 0) is 0 Å². The molecule has 0 aromatic heterocycles. The number of rotatable bonds is 4. The molecule has 0 aliphatic rings. The highest BCUT2D eigenvalue weighted by atomic mass is 35.5. The van der Waals surface area contributed by atoms with Gasteiger partial charge in [0.15, 0.2) is 0 Å². The molecule has 0 radical (unpaired) electrons. The van der Waals surface area contributed by atoms with E-state index in [1.54, 1.807) is 30.3 Å². The number of aliphatic hydroxyl groups excluding tert-OH is 1. The Morgan fingerprint density at radius 3 is 2.79 bits per heavy atom. The van der Waals surface area contributed by atoms with Crippen molar-refractivity contribution in [3.05, 3.63) is 58.6 Å². The number of ether oxygens (including phenoxy) is 1. The first-order valence-corrected chi connectivity index (χ1v) is 6.36. The zero-order valence-electron chi connectivity index (χ0n) is 10.6. The molecule has 0 aliphatic heterocycles. The highest BCUT2D eigenvalue weighted by Gasteiger charge is 2.10. The number of hydrogen-bond acceptors (Lipinski definition) is 3. The Kier molecular flexibility index (Phi) is 4.30. The second-order valence-electron chi connectivity index (χ2n) is 4.41. The van der Waals surface area contributed by atoms with Crippen molar-refractivity contribution in [2.24, 2.45) is 0 Å². The predicted molar refractivity (Wildman–Crippen MR) is 77.5 cm³/mol. The van der Waals surface area contributed by atoms with Gasteiger partial charge in [-0.3, -0.25) is 0 Å². The first kappa shape index (κ1) is 13.7. The Morgan fingerprint density at radius 1 is 1.26 bits per heavy atom. The molecule has 2 aromatic carbocycles. The molecular weight excluding hydrogens is 262 g/mol. The Morgan fingerprint density at radius 2 is 2.05 bits per heavy atom. The maximum Gasteiger partial charge on any atom is 0.123 e. The number of aryl methyl sites for hydroxylation is 1. The Balaban J connectivity index is 2.04. The maximum atomic E-state index is 10.1. The van der Waals surface area contributed by atoms with Crippen LogP contribution in [0.4, 0.5) is 5.69 Å². The Bertz CT molecular complexity index is 572. The molecule has 0 saturated heterocycles. The lowest BCUT2D eigenvalue weighted by atomic mass is 10.1. The van der Waals surface area contributed by atoms with E-state index in [9.17, 15) is 5.11 Å². The molecule has 0 fully saturated rings. The third-order valence-electron chi connectivity index (χ3n) is 2.84. The zero-order valence-corrected chi connectivity index (χ0v) is 11.4. The van der Waals surface area contributed by atoms with Gasteiger partial charge in [-0.1, -0.05) is 29.8 Å². The quantitative estimate of drug-likeness (QED) is 0.843. The van der Waals surface area contributed by atoms with Crippen molar-refractivity contribution in [3.63, 3.8) is 0 Å². The third kappa shape index (κ3) is 3.63. The van der Waals surface area contributed by atoms with Gasteiger partial charge in [0, 0.05) is 10.7 Å². The lowest BCUT2D eigenvalue weighted by molar-refractivity contribution is 0.108. The van der Waals surface area contributed by atoms with Gasteiger partial charge in [0.1, 0.15) is 18.5 Å². The predicted octanol–water partition coefficient (Wildman–Crippen LogP) is 3.34. The summed E-state index contributed by atoms with van der Waals surface area (Å²) in [6.07, 6.45) is -0.720. The minimum absolute atomic E-state index is 0.157. The molecule has 0 amide bonds. The fraction of sp³-hybridized carbons (Fsp3) is 0.200. The highest BCUT2D eigenvalue weighted by Crippen LogP contribution is 2.24. The molecule has 1 unspecified atom stereocenters. The van der Waals surface area contributed by atoms with Gasteiger partial charge >= 0.3 is 0 Å². The van der Waals surface area contributed by atoms with Crippen molar-refractivity contribution in [1.82, 2.24) is 0 Å². The molecule has 19 heavy (non-hydrogen) atoms. The minimum atomic E-state index is -0.720. The zero-order chi connectivity index (χ0) is 13.8. The summed E-state index contributed by atoms with van der Waals surface area (Å²) in [6.45, 7) is 2.09. The summed E-state index contributed by atoms with van der Waals surface area (Å²) in [5.74, 6) is 0.676. The van der Waals surface area contributed by atoms with Gasteiger partial charge in [0.05, 0.1) is 0 Å². The van der Waals surface area contributed by atoms with Crippen molar-refractivity contribution in [3.8, 4) is 5.75 Å². The van der Waals surface area contributed by atoms with Crippen molar-refractivity contribution in [2.75, 3.05) is 12.3 Å². The summed E-state index contributed by atoms with van der Waals surface area (Å²) in [5, 5.41) is 10.7. The van der Waals surface area contributed by atoms with E-state index in [-0.39, 0.29) is 6.61 Å². The summed E-state index contributed by atoms with van der Waals surface area (Å²) in [7, 11) is 0. The number of aliphatic hydroxyl groups is 1. The van der Waals surface area contributed by atoms with Gasteiger partial charge in [-0.2, -0.15) is 0 Å². The van der Waals surface area contributed by atoms with E-state index in [0.29, 0.717) is 16.5 Å². The molecule has 3 N–H and O–H groups in total. The normalized spacial score (nSPS) is 12.2. The summed E-state index contributed by atoms with van der Waals surface area (Å²) >= 11 is 5.91. The third-order valence-corrected chi connectivity index (χ3v) is 3.08. The maximum absolute atomic E-state index is 10.1. The average Bonchev–Trinajstić information content (AvgIpc) is 2.39. The smallest absolute Gasteiger partial charge is 0.123 e. The topological polar surface area (TPSA) is 55.5 Å². The molecule has 0 saturated carbocycles. The first-order chi connectivity index (χ1) is 9.06. The second-order valence-corrected chi connectivity index (χ2v) is 4.84. The fourth-order valence-electron chi connectivity index (χ4n) is 1.76. The molecule has 0 heterocycles. The van der Waals surface area contributed by atoms with Crippen LogP contribution in [0.15, 0.2) is 42.5 Å². The SMILES string of the molecule is Cc1ccc(Cl)cc1OCC(O)c1cccc(N)c1. The lowest BCUT2D eigenvalue weighted by Crippen LogP contribution is -2.10. The van der Waals surface area contributed by atoms with Gasteiger partial charge in [-0.15, -0.1) is 0 Å². The highest BCUT2D eigenvalue weighted by molar-refractivity contribution is 6.30. The summed E-state index contributed by atoms with van der Waals surface area (Å²) in [4.78, 5) is 0. The average molecular weight is 278 g/mol. The van der Waals surface area contributed by atoms with Gasteiger partial charge in [-0.25, -0.2) is 0 Å². The van der Waals surface area contributed by atoms with Crippen LogP contribution in [-0.4, -0.2) is 11.7 Å². The Hall–Kier alpha value is -1.71. The van der Waals surface area contributed by atoms with E-state index in [2.05, 4.69) is 0 Å². The van der Waals surface area contributed by atoms with Crippen molar-refractivity contribution < 1.29 is 9.84 Å². The number of hydrogen-bond donors (Lipinski definition) is 2. The van der Waals surface area contributed by atoms with Gasteiger partial charge in [0.2, 0.25) is 0 Å². The molecular formula is C15H16ClNO2. The van der Waals surface area contributed by atoms with Crippen LogP contribution in [0.5, 0.6) is 5.75 Å². The van der Waals surface area contributed by atoms with Crippen molar-refractivity contribution in [1.29, 1.82) is 0 Å². The summed E-state index contributed by atoms with van der Waals surface area (Å²) in [6, 6.07) is 12.6. The molecule has 100 valence electrons. The fourth-order valence-corrected chi connectivity index (χ4v) is 1.92. The standard InChI is InChI=1S/C15H16ClNO2/c1-10-5-6-12(16)8-15(10)19-9-14(18)11-3-2-4-13(17)7-11/h2-8,14,18H,9,17H2,1H3. The summed E-state index contributed by atoms with van der Waals surface area (Å²) < 4.78 is 5.60. The molecule has 1 atom stereocenters. The molecule has 2 rings (SSSR count). The van der Waals surface area contributed by atoms with Crippen LogP contribution in [0.3, 0.4) is 0 Å². The van der Waals surface area contributed by atoms with Crippen LogP contribution in [0.1, 0.15) is 17.2 Å². The van der Waals surface area contributed by atoms with E-state index >= 15 is 0 Å². The number of nitrogens with two attached hydrogens (primary N) is 1. The van der Waals surface area contributed by atoms with Crippen molar-refractivity contribution in [2.45, 2.75) is 13.0 Å².